The molecule has 3 rings (SSSR count). The van der Waals surface area contributed by atoms with E-state index < -0.39 is 0 Å². The fourth-order valence-corrected chi connectivity index (χ4v) is 2.78. The molecule has 2 heterocycles. The third-order valence-electron chi connectivity index (χ3n) is 2.94. The van der Waals surface area contributed by atoms with Crippen LogP contribution in [0.5, 0.6) is 0 Å². The van der Waals surface area contributed by atoms with E-state index in [4.69, 9.17) is 0 Å². The van der Waals surface area contributed by atoms with Crippen molar-refractivity contribution in [2.24, 2.45) is 0 Å². The number of para-hydroxylation sites is 1. The van der Waals surface area contributed by atoms with Crippen LogP contribution in [0, 0.1) is 3.57 Å². The van der Waals surface area contributed by atoms with E-state index in [-0.39, 0.29) is 6.61 Å². The molecule has 0 atom stereocenters. The van der Waals surface area contributed by atoms with Crippen LogP contribution in [0.3, 0.4) is 0 Å². The zero-order chi connectivity index (χ0) is 12.5. The van der Waals surface area contributed by atoms with Crippen LogP contribution < -0.4 is 0 Å². The molecule has 90 valence electrons. The summed E-state index contributed by atoms with van der Waals surface area (Å²) in [6.07, 6.45) is 3.84. The Labute approximate surface area is 118 Å². The van der Waals surface area contributed by atoms with E-state index in [0.29, 0.717) is 0 Å². The molecule has 0 spiro atoms. The van der Waals surface area contributed by atoms with Crippen LogP contribution in [0.2, 0.25) is 0 Å². The first-order valence-corrected chi connectivity index (χ1v) is 6.70. The molecule has 3 aromatic rings. The number of nitrogens with zero attached hydrogens (tertiary/aromatic N) is 2. The second-order valence-corrected chi connectivity index (χ2v) is 5.17. The number of hydrogen-bond donors (Lipinski definition) is 1. The van der Waals surface area contributed by atoms with Gasteiger partial charge in [-0.1, -0.05) is 18.2 Å². The SMILES string of the molecule is OCc1ccccc1-n1cc(I)c2cccnc21. The summed E-state index contributed by atoms with van der Waals surface area (Å²) in [5.41, 5.74) is 2.80. The van der Waals surface area contributed by atoms with Crippen molar-refractivity contribution >= 4 is 33.6 Å². The summed E-state index contributed by atoms with van der Waals surface area (Å²) in [4.78, 5) is 4.43. The van der Waals surface area contributed by atoms with Crippen molar-refractivity contribution in [3.8, 4) is 5.69 Å². The van der Waals surface area contributed by atoms with Crippen molar-refractivity contribution in [2.45, 2.75) is 6.61 Å². The Bertz CT molecular complexity index is 706. The second-order valence-electron chi connectivity index (χ2n) is 4.01. The lowest BCUT2D eigenvalue weighted by Crippen LogP contribution is -1.98. The maximum Gasteiger partial charge on any atom is 0.145 e. The molecule has 0 saturated heterocycles. The molecule has 18 heavy (non-hydrogen) atoms. The minimum Gasteiger partial charge on any atom is -0.392 e. The highest BCUT2D eigenvalue weighted by atomic mass is 127. The Balaban J connectivity index is 2.32. The minimum absolute atomic E-state index is 0.0270. The molecule has 1 aromatic carbocycles. The topological polar surface area (TPSA) is 38.0 Å². The van der Waals surface area contributed by atoms with Crippen molar-refractivity contribution in [1.29, 1.82) is 0 Å². The number of aromatic nitrogens is 2. The fourth-order valence-electron chi connectivity index (χ4n) is 2.08. The van der Waals surface area contributed by atoms with E-state index in [1.54, 1.807) is 6.20 Å². The van der Waals surface area contributed by atoms with Crippen molar-refractivity contribution in [1.82, 2.24) is 9.55 Å². The van der Waals surface area contributed by atoms with Gasteiger partial charge in [0.05, 0.1) is 12.3 Å². The zero-order valence-corrected chi connectivity index (χ0v) is 11.7. The van der Waals surface area contributed by atoms with Gasteiger partial charge in [0.2, 0.25) is 0 Å². The van der Waals surface area contributed by atoms with Gasteiger partial charge in [-0.15, -0.1) is 0 Å². The number of benzene rings is 1. The first-order valence-electron chi connectivity index (χ1n) is 5.62. The van der Waals surface area contributed by atoms with Gasteiger partial charge in [0.1, 0.15) is 5.65 Å². The molecule has 1 N–H and O–H groups in total. The number of fused-ring (bicyclic) bond motifs is 1. The molecule has 4 heteroatoms. The Morgan fingerprint density at radius 2 is 2.00 bits per heavy atom. The molecule has 0 aliphatic heterocycles. The van der Waals surface area contributed by atoms with Gasteiger partial charge in [0, 0.05) is 26.9 Å². The lowest BCUT2D eigenvalue weighted by Gasteiger charge is -2.09. The predicted molar refractivity (Wildman–Crippen MR) is 79.7 cm³/mol. The zero-order valence-electron chi connectivity index (χ0n) is 9.55. The monoisotopic (exact) mass is 350 g/mol. The highest BCUT2D eigenvalue weighted by Crippen LogP contribution is 2.25. The Morgan fingerprint density at radius 3 is 2.83 bits per heavy atom. The van der Waals surface area contributed by atoms with Crippen molar-refractivity contribution in [3.05, 3.63) is 57.9 Å². The fraction of sp³-hybridized carbons (Fsp3) is 0.0714. The van der Waals surface area contributed by atoms with E-state index in [9.17, 15) is 5.11 Å². The molecule has 0 amide bonds. The van der Waals surface area contributed by atoms with Gasteiger partial charge in [-0.3, -0.25) is 4.57 Å². The van der Waals surface area contributed by atoms with Gasteiger partial charge in [-0.2, -0.15) is 0 Å². The summed E-state index contributed by atoms with van der Waals surface area (Å²) < 4.78 is 3.19. The Morgan fingerprint density at radius 1 is 1.17 bits per heavy atom. The number of hydrogen-bond acceptors (Lipinski definition) is 2. The van der Waals surface area contributed by atoms with Crippen LogP contribution in [-0.2, 0) is 6.61 Å². The smallest absolute Gasteiger partial charge is 0.145 e. The first-order chi connectivity index (χ1) is 8.81. The molecule has 0 radical (unpaired) electrons. The highest BCUT2D eigenvalue weighted by molar-refractivity contribution is 14.1. The van der Waals surface area contributed by atoms with Crippen LogP contribution in [0.1, 0.15) is 5.56 Å². The third-order valence-corrected chi connectivity index (χ3v) is 3.80. The number of pyridine rings is 1. The molecular weight excluding hydrogens is 339 g/mol. The Hall–Kier alpha value is -1.40. The van der Waals surface area contributed by atoms with E-state index in [1.165, 1.54) is 0 Å². The van der Waals surface area contributed by atoms with Crippen LogP contribution in [0.15, 0.2) is 48.8 Å². The second kappa shape index (κ2) is 4.70. The summed E-state index contributed by atoms with van der Waals surface area (Å²) >= 11 is 2.31. The molecule has 0 aliphatic rings. The van der Waals surface area contributed by atoms with Crippen LogP contribution in [0.25, 0.3) is 16.7 Å². The van der Waals surface area contributed by atoms with Crippen molar-refractivity contribution in [2.75, 3.05) is 0 Å². The number of rotatable bonds is 2. The normalized spacial score (nSPS) is 11.0. The highest BCUT2D eigenvalue weighted by Gasteiger charge is 2.10. The molecular formula is C14H11IN2O. The lowest BCUT2D eigenvalue weighted by molar-refractivity contribution is 0.281. The van der Waals surface area contributed by atoms with E-state index in [2.05, 4.69) is 33.6 Å². The summed E-state index contributed by atoms with van der Waals surface area (Å²) in [5, 5.41) is 10.6. The quantitative estimate of drug-likeness (QED) is 0.722. The average Bonchev–Trinajstić information content (AvgIpc) is 2.77. The Kier molecular flexibility index (Phi) is 3.05. The van der Waals surface area contributed by atoms with Gasteiger partial charge < -0.3 is 5.11 Å². The van der Waals surface area contributed by atoms with Gasteiger partial charge in [-0.05, 0) is 40.8 Å². The van der Waals surface area contributed by atoms with E-state index in [0.717, 1.165) is 25.9 Å². The van der Waals surface area contributed by atoms with Crippen molar-refractivity contribution < 1.29 is 5.11 Å². The molecule has 3 nitrogen and oxygen atoms in total. The van der Waals surface area contributed by atoms with Crippen LogP contribution in [0.4, 0.5) is 0 Å². The largest absolute Gasteiger partial charge is 0.392 e. The molecule has 0 saturated carbocycles. The maximum absolute atomic E-state index is 9.42. The summed E-state index contributed by atoms with van der Waals surface area (Å²) in [6, 6.07) is 11.8. The van der Waals surface area contributed by atoms with E-state index in [1.807, 2.05) is 41.1 Å². The predicted octanol–water partition coefficient (Wildman–Crippen LogP) is 3.12. The standard InChI is InChI=1S/C14H11IN2O/c15-12-8-17(14-11(12)5-3-7-16-14)13-6-2-1-4-10(13)9-18/h1-8,18H,9H2. The summed E-state index contributed by atoms with van der Waals surface area (Å²) in [6.45, 7) is 0.0270. The molecule has 0 fully saturated rings. The molecule has 0 aliphatic carbocycles. The maximum atomic E-state index is 9.42. The third kappa shape index (κ3) is 1.81. The number of halogens is 1. The van der Waals surface area contributed by atoms with Crippen LogP contribution >= 0.6 is 22.6 Å². The van der Waals surface area contributed by atoms with Crippen molar-refractivity contribution in [3.63, 3.8) is 0 Å². The molecule has 2 aromatic heterocycles. The van der Waals surface area contributed by atoms with Gasteiger partial charge in [0.25, 0.3) is 0 Å². The van der Waals surface area contributed by atoms with Gasteiger partial charge in [-0.25, -0.2) is 4.98 Å². The lowest BCUT2D eigenvalue weighted by atomic mass is 10.2. The van der Waals surface area contributed by atoms with Gasteiger partial charge >= 0.3 is 0 Å². The minimum atomic E-state index is 0.0270. The molecule has 0 unspecified atom stereocenters. The van der Waals surface area contributed by atoms with E-state index >= 15 is 0 Å². The average molecular weight is 350 g/mol. The van der Waals surface area contributed by atoms with Crippen LogP contribution in [-0.4, -0.2) is 14.7 Å². The number of aliphatic hydroxyl groups is 1. The first kappa shape index (κ1) is 11.7. The molecule has 0 bridgehead atoms. The number of aliphatic hydroxyl groups excluding tert-OH is 1. The van der Waals surface area contributed by atoms with Gasteiger partial charge in [0.15, 0.2) is 0 Å². The summed E-state index contributed by atoms with van der Waals surface area (Å²) in [7, 11) is 0. The summed E-state index contributed by atoms with van der Waals surface area (Å²) in [5.74, 6) is 0.